The number of nitriles is 1. The summed E-state index contributed by atoms with van der Waals surface area (Å²) in [6.45, 7) is 7.53. The summed E-state index contributed by atoms with van der Waals surface area (Å²) in [6, 6.07) is 9.86. The highest BCUT2D eigenvalue weighted by atomic mass is 16.5. The molecule has 1 saturated heterocycles. The van der Waals surface area contributed by atoms with E-state index in [0.29, 0.717) is 30.6 Å². The molecule has 3 rings (SSSR count). The Bertz CT molecular complexity index is 740. The fourth-order valence-electron chi connectivity index (χ4n) is 2.91. The van der Waals surface area contributed by atoms with E-state index in [0.717, 1.165) is 11.3 Å². The molecule has 1 aromatic heterocycles. The lowest BCUT2D eigenvalue weighted by Crippen LogP contribution is -2.45. The number of aromatic nitrogens is 1. The van der Waals surface area contributed by atoms with Crippen LogP contribution in [0.15, 0.2) is 28.7 Å². The molecule has 0 amide bonds. The first-order valence-electron chi connectivity index (χ1n) is 8.05. The van der Waals surface area contributed by atoms with Gasteiger partial charge in [0, 0.05) is 13.1 Å². The lowest BCUT2D eigenvalue weighted by atomic mass is 10.2. The van der Waals surface area contributed by atoms with Crippen LogP contribution < -0.4 is 9.64 Å². The van der Waals surface area contributed by atoms with Crippen molar-refractivity contribution in [2.24, 2.45) is 0 Å². The molecule has 1 aliphatic heterocycles. The molecule has 1 aliphatic rings. The van der Waals surface area contributed by atoms with Crippen LogP contribution in [0.5, 0.6) is 5.75 Å². The van der Waals surface area contributed by atoms with Gasteiger partial charge in [0.1, 0.15) is 11.8 Å². The van der Waals surface area contributed by atoms with Crippen LogP contribution in [-0.4, -0.2) is 30.3 Å². The van der Waals surface area contributed by atoms with Gasteiger partial charge in [0.2, 0.25) is 17.5 Å². The minimum absolute atomic E-state index is 0.0806. The van der Waals surface area contributed by atoms with Gasteiger partial charge in [0.15, 0.2) is 6.61 Å². The summed E-state index contributed by atoms with van der Waals surface area (Å²) in [5.74, 6) is 1.68. The van der Waals surface area contributed by atoms with Crippen molar-refractivity contribution in [3.05, 3.63) is 41.4 Å². The van der Waals surface area contributed by atoms with E-state index in [2.05, 4.69) is 11.1 Å². The molecule has 1 aromatic carbocycles. The molecular formula is C18H21N3O3. The fourth-order valence-corrected chi connectivity index (χ4v) is 2.91. The largest absolute Gasteiger partial charge is 0.484 e. The summed E-state index contributed by atoms with van der Waals surface area (Å²) in [4.78, 5) is 6.28. The number of hydrogen-bond donors (Lipinski definition) is 0. The molecule has 6 nitrogen and oxygen atoms in total. The van der Waals surface area contributed by atoms with Crippen molar-refractivity contribution in [2.45, 2.75) is 39.6 Å². The molecule has 126 valence electrons. The van der Waals surface area contributed by atoms with E-state index >= 15 is 0 Å². The van der Waals surface area contributed by atoms with Crippen LogP contribution in [-0.2, 0) is 11.3 Å². The third-order valence-electron chi connectivity index (χ3n) is 3.91. The second kappa shape index (κ2) is 6.93. The Kier molecular flexibility index (Phi) is 4.72. The van der Waals surface area contributed by atoms with Gasteiger partial charge in [-0.2, -0.15) is 10.2 Å². The quantitative estimate of drug-likeness (QED) is 0.859. The molecule has 0 saturated carbocycles. The van der Waals surface area contributed by atoms with Gasteiger partial charge in [0.05, 0.1) is 12.2 Å². The molecule has 2 heterocycles. The Morgan fingerprint density at radius 1 is 1.29 bits per heavy atom. The molecule has 0 N–H and O–H groups in total. The Morgan fingerprint density at radius 3 is 2.67 bits per heavy atom. The van der Waals surface area contributed by atoms with Crippen molar-refractivity contribution in [3.63, 3.8) is 0 Å². The number of benzene rings is 1. The van der Waals surface area contributed by atoms with Crippen molar-refractivity contribution < 1.29 is 13.9 Å². The standard InChI is InChI=1S/C18H21N3O3/c1-12-6-4-5-7-16(12)22-11-17-20-15(8-19)18(24-17)21-9-13(2)23-14(3)10-21/h4-7,13-14H,9-11H2,1-3H3. The zero-order valence-electron chi connectivity index (χ0n) is 14.2. The van der Waals surface area contributed by atoms with Crippen molar-refractivity contribution >= 4 is 5.88 Å². The lowest BCUT2D eigenvalue weighted by Gasteiger charge is -2.34. The first-order chi connectivity index (χ1) is 11.6. The zero-order valence-corrected chi connectivity index (χ0v) is 14.2. The monoisotopic (exact) mass is 327 g/mol. The van der Waals surface area contributed by atoms with Gasteiger partial charge >= 0.3 is 0 Å². The van der Waals surface area contributed by atoms with Gasteiger partial charge in [-0.05, 0) is 32.4 Å². The van der Waals surface area contributed by atoms with Gasteiger partial charge in [-0.25, -0.2) is 0 Å². The number of hydrogen-bond acceptors (Lipinski definition) is 6. The molecule has 0 bridgehead atoms. The number of ether oxygens (including phenoxy) is 2. The number of aryl methyl sites for hydroxylation is 1. The second-order valence-electron chi connectivity index (χ2n) is 6.09. The van der Waals surface area contributed by atoms with Crippen LogP contribution in [0.4, 0.5) is 5.88 Å². The van der Waals surface area contributed by atoms with E-state index < -0.39 is 0 Å². The van der Waals surface area contributed by atoms with Crippen molar-refractivity contribution in [1.82, 2.24) is 4.98 Å². The number of nitrogens with zero attached hydrogens (tertiary/aromatic N) is 3. The second-order valence-corrected chi connectivity index (χ2v) is 6.09. The third-order valence-corrected chi connectivity index (χ3v) is 3.91. The highest BCUT2D eigenvalue weighted by molar-refractivity contribution is 5.48. The summed E-state index contributed by atoms with van der Waals surface area (Å²) >= 11 is 0. The van der Waals surface area contributed by atoms with Gasteiger partial charge < -0.3 is 18.8 Å². The van der Waals surface area contributed by atoms with E-state index in [-0.39, 0.29) is 18.8 Å². The van der Waals surface area contributed by atoms with Gasteiger partial charge in [-0.3, -0.25) is 0 Å². The number of rotatable bonds is 4. The van der Waals surface area contributed by atoms with E-state index in [4.69, 9.17) is 13.9 Å². The summed E-state index contributed by atoms with van der Waals surface area (Å²) in [7, 11) is 0. The number of oxazole rings is 1. The highest BCUT2D eigenvalue weighted by Crippen LogP contribution is 2.26. The molecule has 2 unspecified atom stereocenters. The summed E-state index contributed by atoms with van der Waals surface area (Å²) in [5, 5.41) is 9.35. The van der Waals surface area contributed by atoms with E-state index in [1.807, 2.05) is 49.9 Å². The third kappa shape index (κ3) is 3.52. The first-order valence-corrected chi connectivity index (χ1v) is 8.05. The van der Waals surface area contributed by atoms with Crippen LogP contribution in [0.25, 0.3) is 0 Å². The average Bonchev–Trinajstić information content (AvgIpc) is 2.96. The summed E-state index contributed by atoms with van der Waals surface area (Å²) in [6.07, 6.45) is 0.161. The topological polar surface area (TPSA) is 71.5 Å². The van der Waals surface area contributed by atoms with E-state index in [1.165, 1.54) is 0 Å². The average molecular weight is 327 g/mol. The molecular weight excluding hydrogens is 306 g/mol. The smallest absolute Gasteiger partial charge is 0.236 e. The van der Waals surface area contributed by atoms with Crippen LogP contribution in [0, 0.1) is 18.3 Å². The Hall–Kier alpha value is -2.52. The van der Waals surface area contributed by atoms with E-state index in [9.17, 15) is 5.26 Å². The predicted molar refractivity (Wildman–Crippen MR) is 89.0 cm³/mol. The molecule has 1 fully saturated rings. The SMILES string of the molecule is Cc1ccccc1OCc1nc(C#N)c(N2CC(C)OC(C)C2)o1. The lowest BCUT2D eigenvalue weighted by molar-refractivity contribution is -0.00651. The molecule has 0 radical (unpaired) electrons. The number of morpholine rings is 1. The highest BCUT2D eigenvalue weighted by Gasteiger charge is 2.28. The van der Waals surface area contributed by atoms with Crippen molar-refractivity contribution in [2.75, 3.05) is 18.0 Å². The maximum Gasteiger partial charge on any atom is 0.236 e. The van der Waals surface area contributed by atoms with Gasteiger partial charge in [-0.1, -0.05) is 18.2 Å². The maximum absolute atomic E-state index is 9.35. The maximum atomic E-state index is 9.35. The molecule has 0 aliphatic carbocycles. The number of para-hydroxylation sites is 1. The predicted octanol–water partition coefficient (Wildman–Crippen LogP) is 3.05. The zero-order chi connectivity index (χ0) is 17.1. The molecule has 2 aromatic rings. The normalized spacial score (nSPS) is 20.7. The van der Waals surface area contributed by atoms with Gasteiger partial charge in [-0.15, -0.1) is 0 Å². The number of anilines is 1. The van der Waals surface area contributed by atoms with Gasteiger partial charge in [0.25, 0.3) is 0 Å². The Morgan fingerprint density at radius 2 is 2.00 bits per heavy atom. The minimum atomic E-state index is 0.0806. The Balaban J connectivity index is 1.76. The molecule has 0 spiro atoms. The fraction of sp³-hybridized carbons (Fsp3) is 0.444. The molecule has 6 heteroatoms. The molecule has 24 heavy (non-hydrogen) atoms. The van der Waals surface area contributed by atoms with Crippen LogP contribution in [0.3, 0.4) is 0 Å². The van der Waals surface area contributed by atoms with Crippen LogP contribution in [0.1, 0.15) is 31.0 Å². The van der Waals surface area contributed by atoms with E-state index in [1.54, 1.807) is 0 Å². The van der Waals surface area contributed by atoms with Crippen LogP contribution in [0.2, 0.25) is 0 Å². The minimum Gasteiger partial charge on any atom is -0.484 e. The van der Waals surface area contributed by atoms with Crippen LogP contribution >= 0.6 is 0 Å². The Labute approximate surface area is 141 Å². The summed E-state index contributed by atoms with van der Waals surface area (Å²) < 4.78 is 17.3. The first kappa shape index (κ1) is 16.3. The summed E-state index contributed by atoms with van der Waals surface area (Å²) in [5.41, 5.74) is 1.33. The van der Waals surface area contributed by atoms with Crippen molar-refractivity contribution in [1.29, 1.82) is 5.26 Å². The molecule has 2 atom stereocenters. The van der Waals surface area contributed by atoms with Crippen molar-refractivity contribution in [3.8, 4) is 11.8 Å².